The Morgan fingerprint density at radius 3 is 2.38 bits per heavy atom. The maximum Gasteiger partial charge on any atom is -0.00176 e. The first-order valence-electron chi connectivity index (χ1n) is 7.21. The smallest absolute Gasteiger partial charge is 0.00176 e. The summed E-state index contributed by atoms with van der Waals surface area (Å²) >= 11 is 0. The quantitative estimate of drug-likeness (QED) is 0.747. The molecule has 1 N–H and O–H groups in total. The zero-order valence-corrected chi connectivity index (χ0v) is 11.9. The zero-order valence-electron chi connectivity index (χ0n) is 11.9. The first-order valence-corrected chi connectivity index (χ1v) is 7.21. The Morgan fingerprint density at radius 2 is 1.81 bits per heavy atom. The molecule has 3 unspecified atom stereocenters. The third-order valence-electron chi connectivity index (χ3n) is 4.12. The lowest BCUT2D eigenvalue weighted by molar-refractivity contribution is 0.141. The van der Waals surface area contributed by atoms with Gasteiger partial charge in [-0.05, 0) is 55.5 Å². The Balaban J connectivity index is 2.38. The van der Waals surface area contributed by atoms with Crippen LogP contribution in [0.4, 0.5) is 0 Å². The van der Waals surface area contributed by atoms with Gasteiger partial charge < -0.3 is 5.32 Å². The average molecular weight is 225 g/mol. The van der Waals surface area contributed by atoms with E-state index in [1.807, 2.05) is 0 Å². The SMILES string of the molecule is CC(C)CNCC1CC(C)CCC1C(C)C. The van der Waals surface area contributed by atoms with Gasteiger partial charge in [-0.2, -0.15) is 0 Å². The molecule has 0 aliphatic heterocycles. The van der Waals surface area contributed by atoms with Crippen molar-refractivity contribution in [2.45, 2.75) is 53.9 Å². The van der Waals surface area contributed by atoms with Gasteiger partial charge in [0, 0.05) is 0 Å². The van der Waals surface area contributed by atoms with Crippen molar-refractivity contribution < 1.29 is 0 Å². The summed E-state index contributed by atoms with van der Waals surface area (Å²) in [7, 11) is 0. The van der Waals surface area contributed by atoms with Gasteiger partial charge in [-0.1, -0.05) is 41.0 Å². The van der Waals surface area contributed by atoms with Gasteiger partial charge in [-0.25, -0.2) is 0 Å². The van der Waals surface area contributed by atoms with Crippen molar-refractivity contribution in [1.82, 2.24) is 5.32 Å². The van der Waals surface area contributed by atoms with Crippen LogP contribution in [0.25, 0.3) is 0 Å². The number of hydrogen-bond donors (Lipinski definition) is 1. The maximum atomic E-state index is 3.66. The van der Waals surface area contributed by atoms with Gasteiger partial charge in [0.25, 0.3) is 0 Å². The molecule has 1 heteroatoms. The zero-order chi connectivity index (χ0) is 12.1. The van der Waals surface area contributed by atoms with E-state index in [-0.39, 0.29) is 0 Å². The molecular formula is C15H31N. The monoisotopic (exact) mass is 225 g/mol. The second kappa shape index (κ2) is 6.64. The lowest BCUT2D eigenvalue weighted by Crippen LogP contribution is -2.36. The highest BCUT2D eigenvalue weighted by Gasteiger charge is 2.30. The van der Waals surface area contributed by atoms with E-state index in [0.29, 0.717) is 0 Å². The Bertz CT molecular complexity index is 186. The summed E-state index contributed by atoms with van der Waals surface area (Å²) in [6, 6.07) is 0. The van der Waals surface area contributed by atoms with E-state index in [1.165, 1.54) is 32.4 Å². The molecule has 96 valence electrons. The van der Waals surface area contributed by atoms with E-state index in [2.05, 4.69) is 39.9 Å². The standard InChI is InChI=1S/C15H31N/c1-11(2)9-16-10-14-8-13(5)6-7-15(14)12(3)4/h11-16H,6-10H2,1-5H3. The molecule has 0 aromatic carbocycles. The van der Waals surface area contributed by atoms with Crippen LogP contribution in [-0.4, -0.2) is 13.1 Å². The van der Waals surface area contributed by atoms with Crippen LogP contribution in [0.3, 0.4) is 0 Å². The molecule has 0 spiro atoms. The minimum Gasteiger partial charge on any atom is -0.316 e. The second-order valence-corrected chi connectivity index (χ2v) is 6.64. The second-order valence-electron chi connectivity index (χ2n) is 6.64. The minimum absolute atomic E-state index is 0.776. The van der Waals surface area contributed by atoms with E-state index in [1.54, 1.807) is 0 Å². The molecule has 0 radical (unpaired) electrons. The number of nitrogens with one attached hydrogen (secondary N) is 1. The Morgan fingerprint density at radius 1 is 1.12 bits per heavy atom. The van der Waals surface area contributed by atoms with Crippen molar-refractivity contribution >= 4 is 0 Å². The fourth-order valence-electron chi connectivity index (χ4n) is 3.19. The van der Waals surface area contributed by atoms with Crippen LogP contribution < -0.4 is 5.32 Å². The summed E-state index contributed by atoms with van der Waals surface area (Å²) in [5, 5.41) is 3.66. The van der Waals surface area contributed by atoms with Crippen LogP contribution in [-0.2, 0) is 0 Å². The van der Waals surface area contributed by atoms with Gasteiger partial charge >= 0.3 is 0 Å². The van der Waals surface area contributed by atoms with E-state index < -0.39 is 0 Å². The van der Waals surface area contributed by atoms with Crippen LogP contribution in [0, 0.1) is 29.6 Å². The molecule has 0 aromatic heterocycles. The van der Waals surface area contributed by atoms with Crippen molar-refractivity contribution in [3.8, 4) is 0 Å². The van der Waals surface area contributed by atoms with Gasteiger partial charge in [0.1, 0.15) is 0 Å². The summed E-state index contributed by atoms with van der Waals surface area (Å²) in [6.45, 7) is 14.2. The van der Waals surface area contributed by atoms with Crippen molar-refractivity contribution in [2.75, 3.05) is 13.1 Å². The number of hydrogen-bond acceptors (Lipinski definition) is 1. The molecule has 1 fully saturated rings. The Kier molecular flexibility index (Phi) is 5.82. The normalized spacial score (nSPS) is 31.3. The topological polar surface area (TPSA) is 12.0 Å². The molecule has 0 aromatic rings. The molecule has 1 aliphatic rings. The first kappa shape index (κ1) is 14.0. The molecule has 0 heterocycles. The predicted molar refractivity (Wildman–Crippen MR) is 72.5 cm³/mol. The highest BCUT2D eigenvalue weighted by atomic mass is 14.9. The molecule has 16 heavy (non-hydrogen) atoms. The summed E-state index contributed by atoms with van der Waals surface area (Å²) in [6.07, 6.45) is 4.34. The average Bonchev–Trinajstić information content (AvgIpc) is 2.16. The lowest BCUT2D eigenvalue weighted by atomic mass is 9.70. The van der Waals surface area contributed by atoms with Crippen molar-refractivity contribution in [2.24, 2.45) is 29.6 Å². The molecular weight excluding hydrogens is 194 g/mol. The van der Waals surface area contributed by atoms with Gasteiger partial charge in [-0.3, -0.25) is 0 Å². The predicted octanol–water partition coefficient (Wildman–Crippen LogP) is 3.94. The molecule has 1 nitrogen and oxygen atoms in total. The summed E-state index contributed by atoms with van der Waals surface area (Å²) in [4.78, 5) is 0. The Hall–Kier alpha value is -0.0400. The van der Waals surface area contributed by atoms with Gasteiger partial charge in [0.05, 0.1) is 0 Å². The molecule has 0 amide bonds. The van der Waals surface area contributed by atoms with Crippen molar-refractivity contribution in [3.63, 3.8) is 0 Å². The van der Waals surface area contributed by atoms with Crippen molar-refractivity contribution in [3.05, 3.63) is 0 Å². The van der Waals surface area contributed by atoms with E-state index in [0.717, 1.165) is 29.6 Å². The van der Waals surface area contributed by atoms with E-state index >= 15 is 0 Å². The summed E-state index contributed by atoms with van der Waals surface area (Å²) in [5.74, 6) is 4.45. The van der Waals surface area contributed by atoms with Crippen LogP contribution in [0.5, 0.6) is 0 Å². The molecule has 1 saturated carbocycles. The van der Waals surface area contributed by atoms with Crippen LogP contribution in [0.15, 0.2) is 0 Å². The molecule has 0 saturated heterocycles. The third kappa shape index (κ3) is 4.45. The van der Waals surface area contributed by atoms with Crippen LogP contribution in [0.1, 0.15) is 53.9 Å². The Labute approximate surface area is 102 Å². The highest BCUT2D eigenvalue weighted by Crippen LogP contribution is 2.37. The summed E-state index contributed by atoms with van der Waals surface area (Å²) in [5.41, 5.74) is 0. The third-order valence-corrected chi connectivity index (χ3v) is 4.12. The fourth-order valence-corrected chi connectivity index (χ4v) is 3.19. The van der Waals surface area contributed by atoms with Gasteiger partial charge in [0.2, 0.25) is 0 Å². The minimum atomic E-state index is 0.776. The van der Waals surface area contributed by atoms with E-state index in [4.69, 9.17) is 0 Å². The maximum absolute atomic E-state index is 3.66. The van der Waals surface area contributed by atoms with E-state index in [9.17, 15) is 0 Å². The van der Waals surface area contributed by atoms with Crippen molar-refractivity contribution in [1.29, 1.82) is 0 Å². The van der Waals surface area contributed by atoms with Crippen LogP contribution in [0.2, 0.25) is 0 Å². The largest absolute Gasteiger partial charge is 0.316 e. The van der Waals surface area contributed by atoms with Crippen LogP contribution >= 0.6 is 0 Å². The summed E-state index contributed by atoms with van der Waals surface area (Å²) < 4.78 is 0. The fraction of sp³-hybridized carbons (Fsp3) is 1.00. The molecule has 1 aliphatic carbocycles. The van der Waals surface area contributed by atoms with Gasteiger partial charge in [0.15, 0.2) is 0 Å². The lowest BCUT2D eigenvalue weighted by Gasteiger charge is -2.37. The highest BCUT2D eigenvalue weighted by molar-refractivity contribution is 4.81. The molecule has 0 bridgehead atoms. The first-order chi connectivity index (χ1) is 7.50. The molecule has 1 rings (SSSR count). The number of rotatable bonds is 5. The van der Waals surface area contributed by atoms with Gasteiger partial charge in [-0.15, -0.1) is 0 Å². The molecule has 3 atom stereocenters.